The molecule has 28 heavy (non-hydrogen) atoms. The van der Waals surface area contributed by atoms with Crippen molar-refractivity contribution in [3.05, 3.63) is 38.0 Å². The minimum absolute atomic E-state index is 0.121. The summed E-state index contributed by atoms with van der Waals surface area (Å²) in [6.07, 6.45) is 8.08. The van der Waals surface area contributed by atoms with Crippen LogP contribution in [-0.4, -0.2) is 37.7 Å². The van der Waals surface area contributed by atoms with Gasteiger partial charge < -0.3 is 14.2 Å². The zero-order valence-corrected chi connectivity index (χ0v) is 16.2. The summed E-state index contributed by atoms with van der Waals surface area (Å²) in [5.41, 5.74) is -0.242. The summed E-state index contributed by atoms with van der Waals surface area (Å²) >= 11 is 0. The average molecular weight is 388 g/mol. The van der Waals surface area contributed by atoms with Gasteiger partial charge in [0.25, 0.3) is 0 Å². The highest BCUT2D eigenvalue weighted by Crippen LogP contribution is 2.67. The third kappa shape index (κ3) is 4.05. The van der Waals surface area contributed by atoms with E-state index < -0.39 is 17.9 Å². The summed E-state index contributed by atoms with van der Waals surface area (Å²) in [6, 6.07) is 0. The Labute approximate surface area is 165 Å². The first kappa shape index (κ1) is 20.4. The molecule has 6 heteroatoms. The monoisotopic (exact) mass is 388 g/mol. The van der Waals surface area contributed by atoms with Crippen LogP contribution < -0.4 is 0 Å². The maximum Gasteiger partial charge on any atom is 0.330 e. The lowest BCUT2D eigenvalue weighted by molar-refractivity contribution is -0.197. The Morgan fingerprint density at radius 1 is 0.750 bits per heavy atom. The van der Waals surface area contributed by atoms with Crippen LogP contribution in [0.3, 0.4) is 0 Å². The summed E-state index contributed by atoms with van der Waals surface area (Å²) in [5.74, 6) is -0.292. The molecule has 0 aromatic heterocycles. The van der Waals surface area contributed by atoms with E-state index in [4.69, 9.17) is 14.2 Å². The minimum atomic E-state index is -0.417. The van der Waals surface area contributed by atoms with E-state index in [1.807, 2.05) is 0 Å². The van der Waals surface area contributed by atoms with Crippen molar-refractivity contribution in [1.29, 1.82) is 0 Å². The smallest absolute Gasteiger partial charge is 0.330 e. The molecule has 0 unspecified atom stereocenters. The second kappa shape index (κ2) is 7.94. The lowest BCUT2D eigenvalue weighted by atomic mass is 9.41. The molecule has 4 saturated carbocycles. The van der Waals surface area contributed by atoms with Gasteiger partial charge in [0.2, 0.25) is 0 Å². The third-order valence-corrected chi connectivity index (χ3v) is 6.70. The first-order valence-corrected chi connectivity index (χ1v) is 9.72. The van der Waals surface area contributed by atoms with Crippen molar-refractivity contribution in [3.63, 3.8) is 0 Å². The Hall–Kier alpha value is -2.37. The molecule has 0 radical (unpaired) electrons. The molecule has 4 bridgehead atoms. The largest absolute Gasteiger partial charge is 0.462 e. The highest BCUT2D eigenvalue weighted by molar-refractivity contribution is 5.81. The third-order valence-electron chi connectivity index (χ3n) is 6.70. The van der Waals surface area contributed by atoms with Crippen molar-refractivity contribution in [2.45, 2.75) is 32.1 Å². The van der Waals surface area contributed by atoms with E-state index in [-0.39, 0.29) is 16.7 Å². The first-order chi connectivity index (χ1) is 13.3. The second-order valence-electron chi connectivity index (χ2n) is 8.64. The predicted octanol–water partition coefficient (Wildman–Crippen LogP) is 2.99. The lowest BCUT2D eigenvalue weighted by Gasteiger charge is -2.64. The predicted molar refractivity (Wildman–Crippen MR) is 102 cm³/mol. The summed E-state index contributed by atoms with van der Waals surface area (Å²) in [5, 5.41) is 0. The molecular formula is C22H28O6. The van der Waals surface area contributed by atoms with Crippen LogP contribution in [0, 0.1) is 28.6 Å². The van der Waals surface area contributed by atoms with Crippen LogP contribution >= 0.6 is 0 Å². The summed E-state index contributed by atoms with van der Waals surface area (Å²) < 4.78 is 16.2. The molecule has 0 atom stereocenters. The molecule has 0 amide bonds. The molecule has 4 fully saturated rings. The van der Waals surface area contributed by atoms with Crippen LogP contribution in [0.5, 0.6) is 0 Å². The number of rotatable bonds is 9. The van der Waals surface area contributed by atoms with Gasteiger partial charge in [0.05, 0.1) is 19.8 Å². The van der Waals surface area contributed by atoms with Gasteiger partial charge in [-0.05, 0) is 49.9 Å². The number of ether oxygens (including phenoxy) is 3. The van der Waals surface area contributed by atoms with Crippen LogP contribution in [0.4, 0.5) is 0 Å². The zero-order chi connectivity index (χ0) is 20.4. The standard InChI is InChI=1S/C22H28O6/c1-4-18(23)26-11-17-15-7-21(13-27-19(24)5-2)8-16(17)10-22(9-15,12-21)14-28-20(25)6-3/h4-6,15-17H,1-3,7-14H2. The molecule has 0 aliphatic heterocycles. The number of hydrogen-bond acceptors (Lipinski definition) is 6. The Balaban J connectivity index is 1.76. The molecule has 152 valence electrons. The summed E-state index contributed by atoms with van der Waals surface area (Å²) in [6.45, 7) is 11.4. The molecule has 0 saturated heterocycles. The molecule has 0 N–H and O–H groups in total. The fourth-order valence-corrected chi connectivity index (χ4v) is 6.02. The van der Waals surface area contributed by atoms with Gasteiger partial charge in [0.1, 0.15) is 0 Å². The number of carbonyl (C=O) groups excluding carboxylic acids is 3. The Morgan fingerprint density at radius 3 is 1.54 bits per heavy atom. The summed E-state index contributed by atoms with van der Waals surface area (Å²) in [4.78, 5) is 34.8. The molecule has 6 nitrogen and oxygen atoms in total. The Kier molecular flexibility index (Phi) is 5.77. The van der Waals surface area contributed by atoms with Crippen molar-refractivity contribution in [3.8, 4) is 0 Å². The van der Waals surface area contributed by atoms with Crippen LogP contribution in [0.1, 0.15) is 32.1 Å². The summed E-state index contributed by atoms with van der Waals surface area (Å²) in [7, 11) is 0. The zero-order valence-electron chi connectivity index (χ0n) is 16.2. The number of carbonyl (C=O) groups is 3. The molecule has 0 heterocycles. The van der Waals surface area contributed by atoms with Crippen molar-refractivity contribution in [2.24, 2.45) is 28.6 Å². The van der Waals surface area contributed by atoms with Gasteiger partial charge in [-0.1, -0.05) is 19.7 Å². The van der Waals surface area contributed by atoms with E-state index >= 15 is 0 Å². The van der Waals surface area contributed by atoms with Gasteiger partial charge in [-0.25, -0.2) is 14.4 Å². The van der Waals surface area contributed by atoms with Gasteiger partial charge in [-0.2, -0.15) is 0 Å². The molecule has 4 aliphatic carbocycles. The molecule has 4 aliphatic rings. The van der Waals surface area contributed by atoms with Gasteiger partial charge >= 0.3 is 17.9 Å². The Bertz CT molecular complexity index is 635. The topological polar surface area (TPSA) is 78.9 Å². The van der Waals surface area contributed by atoms with Crippen LogP contribution in [0.15, 0.2) is 38.0 Å². The fourth-order valence-electron chi connectivity index (χ4n) is 6.02. The average Bonchev–Trinajstić information content (AvgIpc) is 2.69. The first-order valence-electron chi connectivity index (χ1n) is 9.72. The molecule has 0 spiro atoms. The highest BCUT2D eigenvalue weighted by Gasteiger charge is 2.61. The van der Waals surface area contributed by atoms with Crippen LogP contribution in [0.2, 0.25) is 0 Å². The molecule has 4 rings (SSSR count). The number of esters is 3. The van der Waals surface area contributed by atoms with Gasteiger partial charge in [-0.15, -0.1) is 0 Å². The van der Waals surface area contributed by atoms with E-state index in [9.17, 15) is 14.4 Å². The lowest BCUT2D eigenvalue weighted by Crippen LogP contribution is -2.59. The van der Waals surface area contributed by atoms with Crippen molar-refractivity contribution in [1.82, 2.24) is 0 Å². The maximum atomic E-state index is 11.6. The van der Waals surface area contributed by atoms with Crippen molar-refractivity contribution in [2.75, 3.05) is 19.8 Å². The van der Waals surface area contributed by atoms with Crippen molar-refractivity contribution < 1.29 is 28.6 Å². The van der Waals surface area contributed by atoms with Gasteiger partial charge in [0, 0.05) is 29.1 Å². The molecule has 0 aromatic carbocycles. The van der Waals surface area contributed by atoms with E-state index in [2.05, 4.69) is 19.7 Å². The van der Waals surface area contributed by atoms with Crippen LogP contribution in [0.25, 0.3) is 0 Å². The maximum absolute atomic E-state index is 11.6. The van der Waals surface area contributed by atoms with Crippen molar-refractivity contribution >= 4 is 17.9 Å². The molecule has 0 aromatic rings. The quantitative estimate of drug-likeness (QED) is 0.343. The normalized spacial score (nSPS) is 34.9. The van der Waals surface area contributed by atoms with E-state index in [0.29, 0.717) is 31.7 Å². The van der Waals surface area contributed by atoms with Gasteiger partial charge in [-0.3, -0.25) is 0 Å². The van der Waals surface area contributed by atoms with Gasteiger partial charge in [0.15, 0.2) is 0 Å². The van der Waals surface area contributed by atoms with E-state index in [1.165, 1.54) is 18.2 Å². The second-order valence-corrected chi connectivity index (χ2v) is 8.64. The van der Waals surface area contributed by atoms with E-state index in [0.717, 1.165) is 32.1 Å². The SMILES string of the molecule is C=CC(=O)OCC1C2CC3(COC(=O)C=C)CC1CC(COC(=O)C=C)(C2)C3. The minimum Gasteiger partial charge on any atom is -0.462 e. The van der Waals surface area contributed by atoms with E-state index in [1.54, 1.807) is 0 Å². The number of hydrogen-bond donors (Lipinski definition) is 0. The fraction of sp³-hybridized carbons (Fsp3) is 0.591. The van der Waals surface area contributed by atoms with Crippen LogP contribution in [-0.2, 0) is 28.6 Å². The highest BCUT2D eigenvalue weighted by atomic mass is 16.5. The Morgan fingerprint density at radius 2 is 1.14 bits per heavy atom. The molecular weight excluding hydrogens is 360 g/mol.